The first-order valence-corrected chi connectivity index (χ1v) is 8.11. The fourth-order valence-corrected chi connectivity index (χ4v) is 3.22. The summed E-state index contributed by atoms with van der Waals surface area (Å²) in [4.78, 5) is 4.77. The Hall–Kier alpha value is -2.37. The van der Waals surface area contributed by atoms with Crippen molar-refractivity contribution >= 4 is 34.9 Å². The molecule has 0 bridgehead atoms. The zero-order chi connectivity index (χ0) is 17.6. The van der Waals surface area contributed by atoms with Crippen LogP contribution in [0.3, 0.4) is 0 Å². The summed E-state index contributed by atoms with van der Waals surface area (Å²) in [7, 11) is 3.18. The molecular weight excluding hydrogens is 377 g/mol. The number of ether oxygens (including phenoxy) is 4. The third kappa shape index (κ3) is 2.97. The van der Waals surface area contributed by atoms with E-state index in [1.807, 2.05) is 25.1 Å². The molecule has 7 heteroatoms. The summed E-state index contributed by atoms with van der Waals surface area (Å²) >= 11 is 6.30. The Morgan fingerprint density at radius 1 is 0.962 bits per heavy atom. The highest BCUT2D eigenvalue weighted by Crippen LogP contribution is 2.41. The molecule has 0 N–H and O–H groups in total. The topological polar surface area (TPSA) is 49.8 Å². The Bertz CT molecular complexity index is 991. The third-order valence-corrected chi connectivity index (χ3v) is 4.56. The zero-order valence-electron chi connectivity index (χ0n) is 14.5. The average molecular weight is 394 g/mol. The van der Waals surface area contributed by atoms with Gasteiger partial charge in [-0.3, -0.25) is 0 Å². The largest absolute Gasteiger partial charge is 0.496 e. The lowest BCUT2D eigenvalue weighted by Crippen LogP contribution is -1.95. The smallest absolute Gasteiger partial charge is 0.231 e. The van der Waals surface area contributed by atoms with E-state index >= 15 is 0 Å². The summed E-state index contributed by atoms with van der Waals surface area (Å²) in [5, 5.41) is 1.52. The number of hydrogen-bond donors (Lipinski definition) is 0. The molecule has 3 aromatic rings. The van der Waals surface area contributed by atoms with Crippen LogP contribution in [0.15, 0.2) is 30.3 Å². The number of nitrogens with zero attached hydrogens (tertiary/aromatic N) is 1. The number of pyridine rings is 1. The van der Waals surface area contributed by atoms with Crippen LogP contribution in [-0.4, -0.2) is 26.0 Å². The highest BCUT2D eigenvalue weighted by molar-refractivity contribution is 6.32. The van der Waals surface area contributed by atoms with Crippen LogP contribution in [0.5, 0.6) is 23.0 Å². The maximum Gasteiger partial charge on any atom is 0.231 e. The van der Waals surface area contributed by atoms with Crippen molar-refractivity contribution in [2.45, 2.75) is 6.92 Å². The van der Waals surface area contributed by atoms with E-state index in [1.165, 1.54) is 0 Å². The number of halogens is 2. The second-order valence-corrected chi connectivity index (χ2v) is 6.14. The van der Waals surface area contributed by atoms with Gasteiger partial charge in [0.1, 0.15) is 11.5 Å². The summed E-state index contributed by atoms with van der Waals surface area (Å²) in [6.07, 6.45) is 0. The minimum atomic E-state index is 0. The Balaban J connectivity index is 0.00000196. The number of fused-ring (bicyclic) bond motifs is 2. The number of aromatic nitrogens is 1. The van der Waals surface area contributed by atoms with Crippen LogP contribution in [0.25, 0.3) is 22.2 Å². The number of benzene rings is 2. The lowest BCUT2D eigenvalue weighted by atomic mass is 10.0. The van der Waals surface area contributed by atoms with Crippen LogP contribution in [0.2, 0.25) is 5.02 Å². The van der Waals surface area contributed by atoms with Gasteiger partial charge in [0.2, 0.25) is 6.79 Å². The molecule has 1 aliphatic rings. The Morgan fingerprint density at radius 3 is 2.35 bits per heavy atom. The summed E-state index contributed by atoms with van der Waals surface area (Å²) in [5.41, 5.74) is 3.47. The van der Waals surface area contributed by atoms with Crippen LogP contribution < -0.4 is 18.9 Å². The third-order valence-electron chi connectivity index (χ3n) is 4.26. The molecule has 0 atom stereocenters. The van der Waals surface area contributed by atoms with Gasteiger partial charge in [-0.1, -0.05) is 11.6 Å². The molecule has 0 aliphatic carbocycles. The van der Waals surface area contributed by atoms with Crippen molar-refractivity contribution in [1.29, 1.82) is 0 Å². The second-order valence-electron chi connectivity index (χ2n) is 5.73. The van der Waals surface area contributed by atoms with Crippen LogP contribution in [0.4, 0.5) is 0 Å². The summed E-state index contributed by atoms with van der Waals surface area (Å²) < 4.78 is 21.7. The Labute approximate surface area is 162 Å². The Kier molecular flexibility index (Phi) is 5.03. The maximum absolute atomic E-state index is 6.30. The number of rotatable bonds is 3. The SMILES string of the molecule is COc1cc(OC)c(-c2cc(C)c3cc4c(cc3n2)OCO4)cc1Cl.Cl. The van der Waals surface area contributed by atoms with Crippen molar-refractivity contribution in [3.63, 3.8) is 0 Å². The van der Waals surface area contributed by atoms with Gasteiger partial charge in [0.05, 0.1) is 30.5 Å². The van der Waals surface area contributed by atoms with E-state index in [-0.39, 0.29) is 19.2 Å². The van der Waals surface area contributed by atoms with Crippen LogP contribution in [0, 0.1) is 6.92 Å². The average Bonchev–Trinajstić information content (AvgIpc) is 3.07. The molecule has 4 rings (SSSR count). The Morgan fingerprint density at radius 2 is 1.65 bits per heavy atom. The van der Waals surface area contributed by atoms with Gasteiger partial charge in [0.25, 0.3) is 0 Å². The van der Waals surface area contributed by atoms with Gasteiger partial charge in [-0.25, -0.2) is 4.98 Å². The molecule has 2 aromatic carbocycles. The molecule has 0 fully saturated rings. The molecule has 0 amide bonds. The minimum absolute atomic E-state index is 0. The minimum Gasteiger partial charge on any atom is -0.496 e. The quantitative estimate of drug-likeness (QED) is 0.624. The molecule has 1 aromatic heterocycles. The first-order chi connectivity index (χ1) is 12.1. The van der Waals surface area contributed by atoms with E-state index in [9.17, 15) is 0 Å². The molecular formula is C19H17Cl2NO4. The van der Waals surface area contributed by atoms with E-state index in [0.29, 0.717) is 22.3 Å². The molecule has 0 radical (unpaired) electrons. The van der Waals surface area contributed by atoms with Crippen molar-refractivity contribution in [1.82, 2.24) is 4.98 Å². The van der Waals surface area contributed by atoms with Gasteiger partial charge < -0.3 is 18.9 Å². The predicted octanol–water partition coefficient (Wildman–Crippen LogP) is 5.03. The van der Waals surface area contributed by atoms with Gasteiger partial charge in [-0.15, -0.1) is 12.4 Å². The van der Waals surface area contributed by atoms with E-state index in [2.05, 4.69) is 0 Å². The standard InChI is InChI=1S/C19H16ClNO4.ClH/c1-10-4-14(12-5-13(20)17(23-3)8-16(12)22-2)21-15-7-19-18(6-11(10)15)24-9-25-19;/h4-8H,9H2,1-3H3;1H. The van der Waals surface area contributed by atoms with Crippen molar-refractivity contribution in [3.8, 4) is 34.3 Å². The molecule has 5 nitrogen and oxygen atoms in total. The normalized spacial score (nSPS) is 12.0. The van der Waals surface area contributed by atoms with Gasteiger partial charge in [0.15, 0.2) is 11.5 Å². The first kappa shape index (κ1) is 18.4. The van der Waals surface area contributed by atoms with E-state index in [4.69, 9.17) is 35.5 Å². The van der Waals surface area contributed by atoms with Crippen LogP contribution in [-0.2, 0) is 0 Å². The van der Waals surface area contributed by atoms with Gasteiger partial charge in [0, 0.05) is 23.1 Å². The summed E-state index contributed by atoms with van der Waals surface area (Å²) in [5.74, 6) is 2.66. The maximum atomic E-state index is 6.30. The number of methoxy groups -OCH3 is 2. The van der Waals surface area contributed by atoms with Crippen molar-refractivity contribution < 1.29 is 18.9 Å². The van der Waals surface area contributed by atoms with Gasteiger partial charge >= 0.3 is 0 Å². The van der Waals surface area contributed by atoms with Crippen LogP contribution in [0.1, 0.15) is 5.56 Å². The van der Waals surface area contributed by atoms with Crippen LogP contribution >= 0.6 is 24.0 Å². The monoisotopic (exact) mass is 393 g/mol. The van der Waals surface area contributed by atoms with E-state index in [1.54, 1.807) is 26.4 Å². The molecule has 0 unspecified atom stereocenters. The second kappa shape index (κ2) is 7.09. The van der Waals surface area contributed by atoms with E-state index < -0.39 is 0 Å². The lowest BCUT2D eigenvalue weighted by molar-refractivity contribution is 0.174. The van der Waals surface area contributed by atoms with Crippen molar-refractivity contribution in [3.05, 3.63) is 40.9 Å². The lowest BCUT2D eigenvalue weighted by Gasteiger charge is -2.13. The number of aryl methyl sites for hydroxylation is 1. The number of hydrogen-bond acceptors (Lipinski definition) is 5. The highest BCUT2D eigenvalue weighted by Gasteiger charge is 2.18. The molecule has 1 aliphatic heterocycles. The van der Waals surface area contributed by atoms with Gasteiger partial charge in [-0.2, -0.15) is 0 Å². The van der Waals surface area contributed by atoms with E-state index in [0.717, 1.165) is 33.5 Å². The molecule has 0 saturated heterocycles. The fraction of sp³-hybridized carbons (Fsp3) is 0.211. The zero-order valence-corrected chi connectivity index (χ0v) is 16.0. The first-order valence-electron chi connectivity index (χ1n) is 7.73. The molecule has 2 heterocycles. The molecule has 136 valence electrons. The van der Waals surface area contributed by atoms with Crippen molar-refractivity contribution in [2.75, 3.05) is 21.0 Å². The highest BCUT2D eigenvalue weighted by atomic mass is 35.5. The van der Waals surface area contributed by atoms with Crippen molar-refractivity contribution in [2.24, 2.45) is 0 Å². The summed E-state index contributed by atoms with van der Waals surface area (Å²) in [6.45, 7) is 2.27. The molecule has 0 saturated carbocycles. The molecule has 0 spiro atoms. The van der Waals surface area contributed by atoms with Gasteiger partial charge in [-0.05, 0) is 30.7 Å². The fourth-order valence-electron chi connectivity index (χ4n) is 2.98. The summed E-state index contributed by atoms with van der Waals surface area (Å²) in [6, 6.07) is 9.43. The molecule has 26 heavy (non-hydrogen) atoms. The predicted molar refractivity (Wildman–Crippen MR) is 103 cm³/mol.